The van der Waals surface area contributed by atoms with Crippen molar-refractivity contribution in [1.82, 2.24) is 5.43 Å². The lowest BCUT2D eigenvalue weighted by Crippen LogP contribution is -2.39. The molecule has 84 valence electrons. The first-order valence-corrected chi connectivity index (χ1v) is 5.84. The third-order valence-electron chi connectivity index (χ3n) is 2.97. The molecule has 1 aromatic rings. The van der Waals surface area contributed by atoms with Gasteiger partial charge >= 0.3 is 0 Å². The highest BCUT2D eigenvalue weighted by Crippen LogP contribution is 2.25. The number of hydrogen-bond acceptors (Lipinski definition) is 2. The smallest absolute Gasteiger partial charge is 0.0278 e. The van der Waals surface area contributed by atoms with Gasteiger partial charge in [0.2, 0.25) is 0 Å². The molecule has 0 aliphatic carbocycles. The van der Waals surface area contributed by atoms with Crippen LogP contribution < -0.4 is 11.3 Å². The second-order valence-corrected chi connectivity index (χ2v) is 3.99. The zero-order valence-corrected chi connectivity index (χ0v) is 9.74. The summed E-state index contributed by atoms with van der Waals surface area (Å²) in [5.74, 6) is 6.15. The van der Waals surface area contributed by atoms with Gasteiger partial charge in [0.15, 0.2) is 0 Å². The largest absolute Gasteiger partial charge is 0.271 e. The van der Waals surface area contributed by atoms with Crippen LogP contribution in [0.25, 0.3) is 0 Å². The van der Waals surface area contributed by atoms with Crippen molar-refractivity contribution in [2.75, 3.05) is 0 Å². The number of rotatable bonds is 6. The van der Waals surface area contributed by atoms with Crippen molar-refractivity contribution < 1.29 is 0 Å². The maximum absolute atomic E-state index is 5.62. The van der Waals surface area contributed by atoms with Crippen LogP contribution in [0.3, 0.4) is 0 Å². The highest BCUT2D eigenvalue weighted by atomic mass is 15.2. The van der Waals surface area contributed by atoms with E-state index in [2.05, 4.69) is 49.6 Å². The topological polar surface area (TPSA) is 38.0 Å². The van der Waals surface area contributed by atoms with Gasteiger partial charge in [-0.15, -0.1) is 0 Å². The highest BCUT2D eigenvalue weighted by molar-refractivity contribution is 5.21. The molecular weight excluding hydrogens is 184 g/mol. The summed E-state index contributed by atoms with van der Waals surface area (Å²) in [6.45, 7) is 4.42. The van der Waals surface area contributed by atoms with E-state index in [4.69, 9.17) is 5.84 Å². The van der Waals surface area contributed by atoms with E-state index in [0.29, 0.717) is 12.0 Å². The lowest BCUT2D eigenvalue weighted by Gasteiger charge is -2.25. The van der Waals surface area contributed by atoms with Gasteiger partial charge < -0.3 is 0 Å². The molecule has 0 saturated heterocycles. The SMILES string of the molecule is CCCC(NN)C(CC)c1ccccc1. The van der Waals surface area contributed by atoms with Crippen molar-refractivity contribution >= 4 is 0 Å². The summed E-state index contributed by atoms with van der Waals surface area (Å²) in [5.41, 5.74) is 4.34. The minimum absolute atomic E-state index is 0.391. The monoisotopic (exact) mass is 206 g/mol. The summed E-state index contributed by atoms with van der Waals surface area (Å²) >= 11 is 0. The first-order chi connectivity index (χ1) is 7.33. The molecule has 0 aliphatic heterocycles. The van der Waals surface area contributed by atoms with Crippen molar-refractivity contribution in [3.63, 3.8) is 0 Å². The summed E-state index contributed by atoms with van der Waals surface area (Å²) in [7, 11) is 0. The van der Waals surface area contributed by atoms with E-state index < -0.39 is 0 Å². The molecule has 0 aromatic heterocycles. The van der Waals surface area contributed by atoms with Gasteiger partial charge in [-0.25, -0.2) is 0 Å². The number of hydrazine groups is 1. The van der Waals surface area contributed by atoms with Gasteiger partial charge in [0.05, 0.1) is 0 Å². The molecular formula is C13H22N2. The second kappa shape index (κ2) is 6.59. The maximum Gasteiger partial charge on any atom is 0.0278 e. The van der Waals surface area contributed by atoms with E-state index >= 15 is 0 Å². The minimum atomic E-state index is 0.391. The summed E-state index contributed by atoms with van der Waals surface area (Å²) in [6.07, 6.45) is 3.42. The lowest BCUT2D eigenvalue weighted by molar-refractivity contribution is 0.403. The molecule has 1 aromatic carbocycles. The van der Waals surface area contributed by atoms with Crippen LogP contribution in [0.15, 0.2) is 30.3 Å². The molecule has 0 aliphatic rings. The summed E-state index contributed by atoms with van der Waals surface area (Å²) in [5, 5.41) is 0. The molecule has 3 N–H and O–H groups in total. The Hall–Kier alpha value is -0.860. The molecule has 15 heavy (non-hydrogen) atoms. The molecule has 0 bridgehead atoms. The van der Waals surface area contributed by atoms with Gasteiger partial charge in [-0.1, -0.05) is 50.6 Å². The molecule has 2 atom stereocenters. The van der Waals surface area contributed by atoms with Crippen LogP contribution in [0.4, 0.5) is 0 Å². The van der Waals surface area contributed by atoms with Crippen LogP contribution in [0.2, 0.25) is 0 Å². The fourth-order valence-corrected chi connectivity index (χ4v) is 2.16. The number of nitrogens with two attached hydrogens (primary N) is 1. The van der Waals surface area contributed by atoms with Gasteiger partial charge in [0, 0.05) is 12.0 Å². The Balaban J connectivity index is 2.77. The van der Waals surface area contributed by atoms with Gasteiger partial charge in [0.25, 0.3) is 0 Å². The van der Waals surface area contributed by atoms with E-state index in [9.17, 15) is 0 Å². The Labute approximate surface area is 92.8 Å². The predicted molar refractivity (Wildman–Crippen MR) is 65.5 cm³/mol. The second-order valence-electron chi connectivity index (χ2n) is 3.99. The van der Waals surface area contributed by atoms with Crippen molar-refractivity contribution in [2.45, 2.75) is 45.1 Å². The van der Waals surface area contributed by atoms with E-state index in [1.54, 1.807) is 0 Å². The molecule has 0 saturated carbocycles. The van der Waals surface area contributed by atoms with Crippen LogP contribution in [0.5, 0.6) is 0 Å². The molecule has 0 amide bonds. The highest BCUT2D eigenvalue weighted by Gasteiger charge is 2.19. The first kappa shape index (κ1) is 12.2. The molecule has 1 rings (SSSR count). The molecule has 0 heterocycles. The zero-order valence-electron chi connectivity index (χ0n) is 9.74. The molecule has 2 heteroatoms. The molecule has 0 spiro atoms. The van der Waals surface area contributed by atoms with Crippen molar-refractivity contribution in [3.8, 4) is 0 Å². The van der Waals surface area contributed by atoms with Crippen LogP contribution >= 0.6 is 0 Å². The number of benzene rings is 1. The van der Waals surface area contributed by atoms with Crippen LogP contribution in [-0.2, 0) is 0 Å². The van der Waals surface area contributed by atoms with Gasteiger partial charge in [0.1, 0.15) is 0 Å². The Morgan fingerprint density at radius 3 is 2.33 bits per heavy atom. The average Bonchev–Trinajstić information content (AvgIpc) is 2.30. The summed E-state index contributed by atoms with van der Waals surface area (Å²) in [4.78, 5) is 0. The maximum atomic E-state index is 5.62. The Bertz CT molecular complexity index is 258. The summed E-state index contributed by atoms with van der Waals surface area (Å²) < 4.78 is 0. The Kier molecular flexibility index (Phi) is 5.37. The molecule has 2 unspecified atom stereocenters. The van der Waals surface area contributed by atoms with Crippen molar-refractivity contribution in [3.05, 3.63) is 35.9 Å². The predicted octanol–water partition coefficient (Wildman–Crippen LogP) is 2.81. The van der Waals surface area contributed by atoms with Crippen LogP contribution in [0, 0.1) is 0 Å². The van der Waals surface area contributed by atoms with Gasteiger partial charge in [-0.3, -0.25) is 11.3 Å². The number of hydrogen-bond donors (Lipinski definition) is 2. The van der Waals surface area contributed by atoms with Crippen LogP contribution in [-0.4, -0.2) is 6.04 Å². The quantitative estimate of drug-likeness (QED) is 0.555. The number of nitrogens with one attached hydrogen (secondary N) is 1. The average molecular weight is 206 g/mol. The van der Waals surface area contributed by atoms with E-state index in [0.717, 1.165) is 19.3 Å². The normalized spacial score (nSPS) is 14.9. The Morgan fingerprint density at radius 2 is 1.87 bits per heavy atom. The fraction of sp³-hybridized carbons (Fsp3) is 0.538. The standard InChI is InChI=1S/C13H22N2/c1-3-8-13(15-14)12(4-2)11-9-6-5-7-10-11/h5-7,9-10,12-13,15H,3-4,8,14H2,1-2H3. The minimum Gasteiger partial charge on any atom is -0.271 e. The van der Waals surface area contributed by atoms with Crippen LogP contribution in [0.1, 0.15) is 44.6 Å². The third kappa shape index (κ3) is 3.33. The Morgan fingerprint density at radius 1 is 1.20 bits per heavy atom. The van der Waals surface area contributed by atoms with Crippen molar-refractivity contribution in [1.29, 1.82) is 0 Å². The van der Waals surface area contributed by atoms with E-state index in [1.165, 1.54) is 5.56 Å². The van der Waals surface area contributed by atoms with E-state index in [1.807, 2.05) is 0 Å². The lowest BCUT2D eigenvalue weighted by atomic mass is 9.87. The third-order valence-corrected chi connectivity index (χ3v) is 2.97. The van der Waals surface area contributed by atoms with Gasteiger partial charge in [-0.05, 0) is 18.4 Å². The fourth-order valence-electron chi connectivity index (χ4n) is 2.16. The summed E-state index contributed by atoms with van der Waals surface area (Å²) in [6, 6.07) is 11.0. The molecule has 0 fully saturated rings. The first-order valence-electron chi connectivity index (χ1n) is 5.84. The molecule has 0 radical (unpaired) electrons. The van der Waals surface area contributed by atoms with E-state index in [-0.39, 0.29) is 0 Å². The van der Waals surface area contributed by atoms with Gasteiger partial charge in [-0.2, -0.15) is 0 Å². The molecule has 2 nitrogen and oxygen atoms in total. The van der Waals surface area contributed by atoms with Crippen molar-refractivity contribution in [2.24, 2.45) is 5.84 Å². The zero-order chi connectivity index (χ0) is 11.1.